The fourth-order valence-corrected chi connectivity index (χ4v) is 2.94. The molecule has 6 nitrogen and oxygen atoms in total. The maximum atomic E-state index is 12.7. The number of benzene rings is 2. The lowest BCUT2D eigenvalue weighted by atomic mass is 9.93. The van der Waals surface area contributed by atoms with Gasteiger partial charge in [0.25, 0.3) is 5.91 Å². The Bertz CT molecular complexity index is 830. The minimum absolute atomic E-state index is 0.0187. The molecule has 0 radical (unpaired) electrons. The highest BCUT2D eigenvalue weighted by Crippen LogP contribution is 2.39. The quantitative estimate of drug-likeness (QED) is 0.672. The average Bonchev–Trinajstić information content (AvgIpc) is 2.61. The second-order valence-electron chi connectivity index (χ2n) is 5.33. The number of carbonyl (C=O) groups excluding carboxylic acids is 2. The molecule has 0 saturated heterocycles. The zero-order valence-electron chi connectivity index (χ0n) is 13.2. The molecule has 1 heterocycles. The van der Waals surface area contributed by atoms with Crippen LogP contribution in [0.3, 0.4) is 0 Å². The third kappa shape index (κ3) is 2.51. The monoisotopic (exact) mass is 327 g/mol. The van der Waals surface area contributed by atoms with Gasteiger partial charge in [0.05, 0.1) is 13.7 Å². The van der Waals surface area contributed by atoms with Gasteiger partial charge in [-0.05, 0) is 12.1 Å². The van der Waals surface area contributed by atoms with E-state index in [0.717, 1.165) is 11.5 Å². The Morgan fingerprint density at radius 3 is 2.88 bits per heavy atom. The van der Waals surface area contributed by atoms with Gasteiger partial charge in [-0.1, -0.05) is 24.8 Å². The SMILES string of the molecule is C=CC(=O)OCCN1C(=O)c2cccc3c(OC)ccc(c23)C1O. The molecule has 2 aromatic rings. The van der Waals surface area contributed by atoms with E-state index in [2.05, 4.69) is 6.58 Å². The van der Waals surface area contributed by atoms with Crippen molar-refractivity contribution < 1.29 is 24.2 Å². The first-order chi connectivity index (χ1) is 11.6. The molecule has 0 bridgehead atoms. The van der Waals surface area contributed by atoms with Crippen LogP contribution in [0.5, 0.6) is 5.75 Å². The van der Waals surface area contributed by atoms with Crippen LogP contribution in [0.2, 0.25) is 0 Å². The lowest BCUT2D eigenvalue weighted by molar-refractivity contribution is -0.138. The largest absolute Gasteiger partial charge is 0.496 e. The lowest BCUT2D eigenvalue weighted by Crippen LogP contribution is -2.40. The number of aliphatic hydroxyl groups is 1. The fourth-order valence-electron chi connectivity index (χ4n) is 2.94. The summed E-state index contributed by atoms with van der Waals surface area (Å²) in [6.45, 7) is 3.38. The number of carbonyl (C=O) groups is 2. The number of hydrogen-bond donors (Lipinski definition) is 1. The smallest absolute Gasteiger partial charge is 0.330 e. The number of amides is 1. The van der Waals surface area contributed by atoms with Crippen LogP contribution in [0.1, 0.15) is 22.1 Å². The molecule has 1 atom stereocenters. The van der Waals surface area contributed by atoms with Gasteiger partial charge in [-0.15, -0.1) is 0 Å². The maximum Gasteiger partial charge on any atom is 0.330 e. The predicted molar refractivity (Wildman–Crippen MR) is 87.7 cm³/mol. The summed E-state index contributed by atoms with van der Waals surface area (Å²) in [6.07, 6.45) is -0.0558. The molecule has 0 fully saturated rings. The summed E-state index contributed by atoms with van der Waals surface area (Å²) in [4.78, 5) is 25.1. The van der Waals surface area contributed by atoms with Gasteiger partial charge in [0.2, 0.25) is 0 Å². The van der Waals surface area contributed by atoms with Crippen molar-refractivity contribution in [1.29, 1.82) is 0 Å². The van der Waals surface area contributed by atoms with E-state index in [1.807, 2.05) is 6.07 Å². The van der Waals surface area contributed by atoms with Crippen molar-refractivity contribution in [2.24, 2.45) is 0 Å². The fraction of sp³-hybridized carbons (Fsp3) is 0.222. The highest BCUT2D eigenvalue weighted by atomic mass is 16.5. The highest BCUT2D eigenvalue weighted by molar-refractivity contribution is 6.11. The van der Waals surface area contributed by atoms with Crippen molar-refractivity contribution in [2.75, 3.05) is 20.3 Å². The number of hydrogen-bond acceptors (Lipinski definition) is 5. The highest BCUT2D eigenvalue weighted by Gasteiger charge is 2.33. The maximum absolute atomic E-state index is 12.7. The number of methoxy groups -OCH3 is 1. The van der Waals surface area contributed by atoms with Crippen molar-refractivity contribution in [3.8, 4) is 5.75 Å². The van der Waals surface area contributed by atoms with Gasteiger partial charge >= 0.3 is 5.97 Å². The summed E-state index contributed by atoms with van der Waals surface area (Å²) >= 11 is 0. The molecule has 1 N–H and O–H groups in total. The van der Waals surface area contributed by atoms with Crippen molar-refractivity contribution in [3.05, 3.63) is 54.1 Å². The van der Waals surface area contributed by atoms with E-state index in [-0.39, 0.29) is 19.1 Å². The van der Waals surface area contributed by atoms with Gasteiger partial charge < -0.3 is 19.5 Å². The standard InChI is InChI=1S/C18H17NO5/c1-3-15(20)24-10-9-19-17(21)12-6-4-5-11-14(23-2)8-7-13(16(11)12)18(19)22/h3-8,18,22H,1,9-10H2,2H3. The molecule has 1 amide bonds. The second kappa shape index (κ2) is 6.33. The van der Waals surface area contributed by atoms with Crippen LogP contribution >= 0.6 is 0 Å². The summed E-state index contributed by atoms with van der Waals surface area (Å²) in [7, 11) is 1.56. The number of rotatable bonds is 5. The third-order valence-electron chi connectivity index (χ3n) is 4.06. The van der Waals surface area contributed by atoms with E-state index in [1.54, 1.807) is 31.4 Å². The molecule has 1 unspecified atom stereocenters. The molecule has 1 aliphatic rings. The topological polar surface area (TPSA) is 76.1 Å². The number of ether oxygens (including phenoxy) is 2. The summed E-state index contributed by atoms with van der Waals surface area (Å²) in [6, 6.07) is 8.83. The molecule has 124 valence electrons. The van der Waals surface area contributed by atoms with Crippen LogP contribution in [0.15, 0.2) is 43.0 Å². The van der Waals surface area contributed by atoms with Crippen LogP contribution < -0.4 is 4.74 Å². The first-order valence-electron chi connectivity index (χ1n) is 7.46. The zero-order valence-corrected chi connectivity index (χ0v) is 13.2. The molecule has 0 aromatic heterocycles. The van der Waals surface area contributed by atoms with Gasteiger partial charge in [0.1, 0.15) is 12.4 Å². The first-order valence-corrected chi connectivity index (χ1v) is 7.46. The minimum atomic E-state index is -1.11. The molecule has 24 heavy (non-hydrogen) atoms. The molecular weight excluding hydrogens is 310 g/mol. The number of aliphatic hydroxyl groups excluding tert-OH is 1. The van der Waals surface area contributed by atoms with E-state index < -0.39 is 12.2 Å². The normalized spacial score (nSPS) is 16.2. The summed E-state index contributed by atoms with van der Waals surface area (Å²) in [5.41, 5.74) is 1.11. The number of esters is 1. The van der Waals surface area contributed by atoms with Crippen molar-refractivity contribution in [1.82, 2.24) is 4.90 Å². The predicted octanol–water partition coefficient (Wildman–Crippen LogP) is 2.02. The van der Waals surface area contributed by atoms with Gasteiger partial charge in [0, 0.05) is 28.0 Å². The van der Waals surface area contributed by atoms with E-state index in [9.17, 15) is 14.7 Å². The van der Waals surface area contributed by atoms with Crippen LogP contribution in [0, 0.1) is 0 Å². The van der Waals surface area contributed by atoms with E-state index in [1.165, 1.54) is 4.90 Å². The van der Waals surface area contributed by atoms with Gasteiger partial charge in [-0.3, -0.25) is 4.79 Å². The molecule has 2 aromatic carbocycles. The molecule has 0 spiro atoms. The number of nitrogens with zero attached hydrogens (tertiary/aromatic N) is 1. The molecule has 6 heteroatoms. The summed E-state index contributed by atoms with van der Waals surface area (Å²) in [5.74, 6) is -0.242. The Morgan fingerprint density at radius 1 is 1.38 bits per heavy atom. The van der Waals surface area contributed by atoms with Crippen LogP contribution in [0.25, 0.3) is 10.8 Å². The Hall–Kier alpha value is -2.86. The zero-order chi connectivity index (χ0) is 17.3. The summed E-state index contributed by atoms with van der Waals surface area (Å²) in [5, 5.41) is 12.1. The second-order valence-corrected chi connectivity index (χ2v) is 5.33. The molecule has 3 rings (SSSR count). The Morgan fingerprint density at radius 2 is 2.17 bits per heavy atom. The Balaban J connectivity index is 1.98. The van der Waals surface area contributed by atoms with Crippen LogP contribution in [-0.2, 0) is 9.53 Å². The molecule has 1 aliphatic heterocycles. The first kappa shape index (κ1) is 16.0. The Kier molecular flexibility index (Phi) is 4.22. The third-order valence-corrected chi connectivity index (χ3v) is 4.06. The summed E-state index contributed by atoms with van der Waals surface area (Å²) < 4.78 is 10.2. The molecule has 0 aliphatic carbocycles. The van der Waals surface area contributed by atoms with Gasteiger partial charge in [-0.25, -0.2) is 4.79 Å². The van der Waals surface area contributed by atoms with E-state index in [0.29, 0.717) is 22.3 Å². The van der Waals surface area contributed by atoms with Crippen molar-refractivity contribution in [3.63, 3.8) is 0 Å². The average molecular weight is 327 g/mol. The van der Waals surface area contributed by atoms with Gasteiger partial charge in [0.15, 0.2) is 6.23 Å². The molecular formula is C18H17NO5. The van der Waals surface area contributed by atoms with Crippen molar-refractivity contribution in [2.45, 2.75) is 6.23 Å². The van der Waals surface area contributed by atoms with Crippen LogP contribution in [0.4, 0.5) is 0 Å². The van der Waals surface area contributed by atoms with Gasteiger partial charge in [-0.2, -0.15) is 0 Å². The Labute approximate surface area is 138 Å². The van der Waals surface area contributed by atoms with E-state index >= 15 is 0 Å². The minimum Gasteiger partial charge on any atom is -0.496 e. The lowest BCUT2D eigenvalue weighted by Gasteiger charge is -2.33. The van der Waals surface area contributed by atoms with Crippen molar-refractivity contribution >= 4 is 22.6 Å². The van der Waals surface area contributed by atoms with Crippen LogP contribution in [-0.4, -0.2) is 42.1 Å². The van der Waals surface area contributed by atoms with E-state index in [4.69, 9.17) is 9.47 Å². The molecule has 0 saturated carbocycles.